The second-order valence-corrected chi connectivity index (χ2v) is 13.6. The predicted molar refractivity (Wildman–Crippen MR) is 190 cm³/mol. The topological polar surface area (TPSA) is 142 Å². The SMILES string of the molecule is C=C1C2=C(C)[C@@H](OC(=O)[C@H](O)[C@@H](NC(=O)c3ccccc3)c3ccccc3)C[C@@](O)([C@@H](OC(=O)c3ccccc3)c3ccccc3[C@@H]1O)C2(C)C. The van der Waals surface area contributed by atoms with Crippen LogP contribution in [0.3, 0.4) is 0 Å². The lowest BCUT2D eigenvalue weighted by Crippen LogP contribution is -2.58. The molecule has 6 rings (SSSR count). The molecule has 0 aliphatic heterocycles. The Labute approximate surface area is 296 Å². The average molecular weight is 688 g/mol. The maximum atomic E-state index is 13.9. The molecule has 0 spiro atoms. The van der Waals surface area contributed by atoms with Crippen molar-refractivity contribution in [3.05, 3.63) is 166 Å². The molecule has 2 bridgehead atoms. The Morgan fingerprint density at radius 1 is 0.804 bits per heavy atom. The number of ether oxygens (including phenoxy) is 2. The maximum absolute atomic E-state index is 13.9. The van der Waals surface area contributed by atoms with Crippen LogP contribution in [-0.4, -0.2) is 51.0 Å². The number of benzene rings is 4. The lowest BCUT2D eigenvalue weighted by molar-refractivity contribution is -0.183. The standard InChI is InChI=1S/C42H41NO8/c1-25-32(50-40(48)36(45)34(27-16-8-5-9-17-27)43-38(46)28-18-10-6-11-19-28)24-42(49)37(51-39(47)29-20-12-7-13-21-29)31-23-15-14-22-30(31)35(44)26(2)33(25)41(42,3)4/h5-23,32,34-37,44-45,49H,2,24H2,1,3-4H3,(H,43,46)/t32-,34-,35+,36+,37-,42+/m0/s1. The summed E-state index contributed by atoms with van der Waals surface area (Å²) in [6.45, 7) is 9.52. The summed E-state index contributed by atoms with van der Waals surface area (Å²) in [5, 5.41) is 39.0. The fraction of sp³-hybridized carbons (Fsp3) is 0.262. The van der Waals surface area contributed by atoms with Crippen molar-refractivity contribution < 1.29 is 39.2 Å². The highest BCUT2D eigenvalue weighted by atomic mass is 16.6. The molecule has 0 saturated carbocycles. The van der Waals surface area contributed by atoms with Gasteiger partial charge in [0.25, 0.3) is 5.91 Å². The Bertz CT molecular complexity index is 1970. The van der Waals surface area contributed by atoms with E-state index in [-0.39, 0.29) is 17.6 Å². The Morgan fingerprint density at radius 2 is 1.33 bits per heavy atom. The molecule has 4 aromatic rings. The highest BCUT2D eigenvalue weighted by Crippen LogP contribution is 2.59. The van der Waals surface area contributed by atoms with E-state index in [1.54, 1.807) is 136 Å². The molecule has 1 amide bonds. The van der Waals surface area contributed by atoms with Crippen LogP contribution in [0.4, 0.5) is 0 Å². The number of esters is 2. The molecule has 0 radical (unpaired) electrons. The smallest absolute Gasteiger partial charge is 0.338 e. The highest BCUT2D eigenvalue weighted by molar-refractivity contribution is 5.95. The van der Waals surface area contributed by atoms with Crippen molar-refractivity contribution in [2.45, 2.75) is 63.3 Å². The Balaban J connectivity index is 1.39. The number of carbonyl (C=O) groups is 3. The van der Waals surface area contributed by atoms with Gasteiger partial charge in [-0.3, -0.25) is 4.79 Å². The van der Waals surface area contributed by atoms with Gasteiger partial charge >= 0.3 is 11.9 Å². The fourth-order valence-corrected chi connectivity index (χ4v) is 7.44. The number of rotatable bonds is 8. The van der Waals surface area contributed by atoms with Crippen LogP contribution in [-0.2, 0) is 14.3 Å². The highest BCUT2D eigenvalue weighted by Gasteiger charge is 2.61. The molecule has 0 saturated heterocycles. The van der Waals surface area contributed by atoms with E-state index >= 15 is 0 Å². The van der Waals surface area contributed by atoms with Gasteiger partial charge in [-0.2, -0.15) is 0 Å². The largest absolute Gasteiger partial charge is 0.456 e. The minimum Gasteiger partial charge on any atom is -0.456 e. The van der Waals surface area contributed by atoms with Gasteiger partial charge in [-0.1, -0.05) is 111 Å². The van der Waals surface area contributed by atoms with Crippen LogP contribution in [0.15, 0.2) is 139 Å². The van der Waals surface area contributed by atoms with E-state index in [9.17, 15) is 29.7 Å². The number of hydrogen-bond donors (Lipinski definition) is 4. The summed E-state index contributed by atoms with van der Waals surface area (Å²) in [4.78, 5) is 40.8. The lowest BCUT2D eigenvalue weighted by atomic mass is 9.55. The zero-order valence-corrected chi connectivity index (χ0v) is 28.7. The van der Waals surface area contributed by atoms with Gasteiger partial charge in [-0.05, 0) is 59.0 Å². The van der Waals surface area contributed by atoms with Gasteiger partial charge in [0, 0.05) is 23.0 Å². The number of aliphatic hydroxyl groups excluding tert-OH is 2. The van der Waals surface area contributed by atoms with E-state index < -0.39 is 59.3 Å². The van der Waals surface area contributed by atoms with E-state index in [1.165, 1.54) is 0 Å². The molecular weight excluding hydrogens is 646 g/mol. The van der Waals surface area contributed by atoms with E-state index in [4.69, 9.17) is 9.47 Å². The molecule has 51 heavy (non-hydrogen) atoms. The van der Waals surface area contributed by atoms with Gasteiger partial charge in [0.05, 0.1) is 11.6 Å². The second-order valence-electron chi connectivity index (χ2n) is 13.6. The van der Waals surface area contributed by atoms with Crippen molar-refractivity contribution in [3.8, 4) is 0 Å². The summed E-state index contributed by atoms with van der Waals surface area (Å²) in [6.07, 6.45) is -5.80. The molecule has 262 valence electrons. The first kappa shape index (κ1) is 35.5. The molecular formula is C42H41NO8. The number of carbonyl (C=O) groups excluding carboxylic acids is 3. The van der Waals surface area contributed by atoms with Crippen LogP contribution in [0.1, 0.15) is 82.8 Å². The predicted octanol–water partition coefficient (Wildman–Crippen LogP) is 6.11. The number of nitrogens with one attached hydrogen (secondary N) is 1. The van der Waals surface area contributed by atoms with Gasteiger partial charge in [0.1, 0.15) is 17.8 Å². The van der Waals surface area contributed by atoms with Crippen molar-refractivity contribution in [2.75, 3.05) is 0 Å². The van der Waals surface area contributed by atoms with Gasteiger partial charge in [0.15, 0.2) is 12.2 Å². The minimum absolute atomic E-state index is 0.232. The van der Waals surface area contributed by atoms with Crippen molar-refractivity contribution in [1.82, 2.24) is 5.32 Å². The quantitative estimate of drug-likeness (QED) is 0.163. The Hall–Kier alpha value is -5.35. The number of amides is 1. The lowest BCUT2D eigenvalue weighted by Gasteiger charge is -2.55. The molecule has 4 N–H and O–H groups in total. The molecule has 4 aromatic carbocycles. The summed E-state index contributed by atoms with van der Waals surface area (Å²) in [7, 11) is 0. The molecule has 2 aliphatic rings. The molecule has 9 heteroatoms. The Kier molecular flexibility index (Phi) is 9.81. The van der Waals surface area contributed by atoms with E-state index in [0.29, 0.717) is 33.4 Å². The summed E-state index contributed by atoms with van der Waals surface area (Å²) in [5.74, 6) is -2.24. The first-order chi connectivity index (χ1) is 24.3. The number of aliphatic hydroxyl groups is 3. The zero-order valence-electron chi connectivity index (χ0n) is 28.7. The zero-order chi connectivity index (χ0) is 36.5. The first-order valence-electron chi connectivity index (χ1n) is 16.8. The third-order valence-corrected chi connectivity index (χ3v) is 10.3. The molecule has 0 fully saturated rings. The van der Waals surface area contributed by atoms with Crippen molar-refractivity contribution in [3.63, 3.8) is 0 Å². The fourth-order valence-electron chi connectivity index (χ4n) is 7.44. The molecule has 9 nitrogen and oxygen atoms in total. The van der Waals surface area contributed by atoms with Gasteiger partial charge in [-0.25, -0.2) is 9.59 Å². The van der Waals surface area contributed by atoms with Gasteiger partial charge in [0.2, 0.25) is 0 Å². The monoisotopic (exact) mass is 687 g/mol. The third kappa shape index (κ3) is 6.52. The van der Waals surface area contributed by atoms with Crippen LogP contribution >= 0.6 is 0 Å². The normalized spacial score (nSPS) is 23.5. The van der Waals surface area contributed by atoms with Crippen molar-refractivity contribution in [1.29, 1.82) is 0 Å². The van der Waals surface area contributed by atoms with Gasteiger partial charge < -0.3 is 30.1 Å². The molecule has 6 atom stereocenters. The average Bonchev–Trinajstić information content (AvgIpc) is 3.15. The molecule has 0 aromatic heterocycles. The van der Waals surface area contributed by atoms with Crippen LogP contribution in [0.25, 0.3) is 0 Å². The summed E-state index contributed by atoms with van der Waals surface area (Å²) in [5.41, 5.74) is -0.00292. The summed E-state index contributed by atoms with van der Waals surface area (Å²) >= 11 is 0. The first-order valence-corrected chi connectivity index (χ1v) is 16.8. The second kappa shape index (κ2) is 14.1. The van der Waals surface area contributed by atoms with Crippen molar-refractivity contribution in [2.24, 2.45) is 5.41 Å². The van der Waals surface area contributed by atoms with E-state index in [1.807, 2.05) is 0 Å². The van der Waals surface area contributed by atoms with E-state index in [2.05, 4.69) is 11.9 Å². The van der Waals surface area contributed by atoms with Crippen molar-refractivity contribution >= 4 is 17.8 Å². The molecule has 0 unspecified atom stereocenters. The molecule has 0 heterocycles. The summed E-state index contributed by atoms with van der Waals surface area (Å²) in [6, 6.07) is 31.0. The summed E-state index contributed by atoms with van der Waals surface area (Å²) < 4.78 is 12.2. The molecule has 2 aliphatic carbocycles. The van der Waals surface area contributed by atoms with Gasteiger partial charge in [-0.15, -0.1) is 0 Å². The Morgan fingerprint density at radius 3 is 1.94 bits per heavy atom. The third-order valence-electron chi connectivity index (χ3n) is 10.3. The number of fused-ring (bicyclic) bond motifs is 3. The maximum Gasteiger partial charge on any atom is 0.338 e. The number of hydrogen-bond acceptors (Lipinski definition) is 8. The van der Waals surface area contributed by atoms with E-state index in [0.717, 1.165) is 0 Å². The van der Waals surface area contributed by atoms with Crippen LogP contribution < -0.4 is 5.32 Å². The van der Waals surface area contributed by atoms with Crippen LogP contribution in [0.5, 0.6) is 0 Å². The van der Waals surface area contributed by atoms with Crippen LogP contribution in [0.2, 0.25) is 0 Å². The minimum atomic E-state index is -1.91. The van der Waals surface area contributed by atoms with Crippen LogP contribution in [0, 0.1) is 5.41 Å².